The predicted molar refractivity (Wildman–Crippen MR) is 118 cm³/mol. The van der Waals surface area contributed by atoms with Crippen LogP contribution in [0.3, 0.4) is 0 Å². The zero-order valence-corrected chi connectivity index (χ0v) is 19.5. The number of hydrogen-bond donors (Lipinski definition) is 1. The zero-order valence-electron chi connectivity index (χ0n) is 19.5. The molecule has 1 unspecified atom stereocenters. The monoisotopic (exact) mass is 522 g/mol. The quantitative estimate of drug-likeness (QED) is 0.432. The highest BCUT2D eigenvalue weighted by atomic mass is 19.3. The maximum Gasteiger partial charge on any atom is 0.287 e. The van der Waals surface area contributed by atoms with Gasteiger partial charge in [-0.3, -0.25) is 0 Å². The molecule has 7 nitrogen and oxygen atoms in total. The fourth-order valence-electron chi connectivity index (χ4n) is 6.06. The van der Waals surface area contributed by atoms with Crippen LogP contribution in [0.5, 0.6) is 5.75 Å². The average Bonchev–Trinajstić information content (AvgIpc) is 3.28. The lowest BCUT2D eigenvalue weighted by Gasteiger charge is -2.74. The van der Waals surface area contributed by atoms with Gasteiger partial charge in [0, 0.05) is 17.0 Å². The van der Waals surface area contributed by atoms with Gasteiger partial charge in [0.15, 0.2) is 11.3 Å². The van der Waals surface area contributed by atoms with Crippen molar-refractivity contribution in [3.63, 3.8) is 0 Å². The van der Waals surface area contributed by atoms with Crippen LogP contribution in [0.4, 0.5) is 22.0 Å². The second-order valence-electron chi connectivity index (χ2n) is 10.6. The van der Waals surface area contributed by atoms with E-state index in [-0.39, 0.29) is 39.1 Å². The van der Waals surface area contributed by atoms with Gasteiger partial charge in [-0.25, -0.2) is 26.6 Å². The van der Waals surface area contributed by atoms with Crippen LogP contribution in [0.15, 0.2) is 48.8 Å². The Hall–Kier alpha value is -3.12. The zero-order chi connectivity index (χ0) is 26.1. The Kier molecular flexibility index (Phi) is 5.20. The molecule has 2 aromatic carbocycles. The molecule has 1 atom stereocenters. The van der Waals surface area contributed by atoms with Crippen molar-refractivity contribution in [2.24, 2.45) is 5.41 Å². The predicted octanol–water partition coefficient (Wildman–Crippen LogP) is 3.71. The molecule has 3 saturated carbocycles. The summed E-state index contributed by atoms with van der Waals surface area (Å²) < 4.78 is 86.1. The van der Waals surface area contributed by atoms with Gasteiger partial charge < -0.3 is 14.6 Å². The van der Waals surface area contributed by atoms with E-state index in [4.69, 9.17) is 9.47 Å². The topological polar surface area (TPSA) is 82.3 Å². The summed E-state index contributed by atoms with van der Waals surface area (Å²) in [4.78, 5) is 0. The van der Waals surface area contributed by atoms with Crippen LogP contribution in [-0.2, 0) is 22.3 Å². The SMILES string of the molecule is OC(Cn1cnnn1)(c1ccc(F)cc1F)C(F)(F)C12CC(c3ccc(OCC4(F)COC4)cc3)(C1)C2. The van der Waals surface area contributed by atoms with Crippen molar-refractivity contribution in [1.29, 1.82) is 0 Å². The van der Waals surface area contributed by atoms with Crippen LogP contribution in [0.2, 0.25) is 0 Å². The minimum atomic E-state index is -3.80. The molecule has 196 valence electrons. The number of benzene rings is 2. The smallest absolute Gasteiger partial charge is 0.287 e. The summed E-state index contributed by atoms with van der Waals surface area (Å²) in [5, 5.41) is 21.8. The van der Waals surface area contributed by atoms with Crippen molar-refractivity contribution in [3.05, 3.63) is 71.6 Å². The number of tetrazole rings is 1. The standard InChI is InChI=1S/C25H23F5N4O3/c26-17-3-6-19(20(27)7-17)24(35,11-34-15-31-32-33-34)25(29,30)22-8-21(9-22,10-22)16-1-4-18(5-2-16)37-14-23(28)12-36-13-23/h1-7,15,35H,8-14H2. The molecule has 37 heavy (non-hydrogen) atoms. The lowest BCUT2D eigenvalue weighted by Crippen LogP contribution is -2.76. The van der Waals surface area contributed by atoms with Crippen molar-refractivity contribution < 1.29 is 36.5 Å². The fourth-order valence-corrected chi connectivity index (χ4v) is 6.06. The molecule has 4 aliphatic rings. The van der Waals surface area contributed by atoms with Crippen LogP contribution in [0, 0.1) is 17.0 Å². The maximum atomic E-state index is 16.2. The van der Waals surface area contributed by atoms with Crippen molar-refractivity contribution in [2.45, 2.75) is 48.4 Å². The molecule has 2 heterocycles. The molecular formula is C25H23F5N4O3. The van der Waals surface area contributed by atoms with Gasteiger partial charge >= 0.3 is 0 Å². The van der Waals surface area contributed by atoms with E-state index in [9.17, 15) is 18.3 Å². The summed E-state index contributed by atoms with van der Waals surface area (Å²) in [5.74, 6) is -5.57. The number of rotatable bonds is 9. The molecule has 0 radical (unpaired) electrons. The highest BCUT2D eigenvalue weighted by Gasteiger charge is 2.82. The van der Waals surface area contributed by atoms with Crippen LogP contribution >= 0.6 is 0 Å². The summed E-state index contributed by atoms with van der Waals surface area (Å²) in [7, 11) is 0. The number of aliphatic hydroxyl groups is 1. The van der Waals surface area contributed by atoms with Crippen LogP contribution in [-0.4, -0.2) is 56.7 Å². The minimum absolute atomic E-state index is 0.00786. The summed E-state index contributed by atoms with van der Waals surface area (Å²) in [6.07, 6.45) is 1.24. The first-order chi connectivity index (χ1) is 17.5. The molecule has 1 aliphatic heterocycles. The van der Waals surface area contributed by atoms with Crippen LogP contribution in [0.25, 0.3) is 0 Å². The molecule has 1 N–H and O–H groups in total. The second kappa shape index (κ2) is 7.94. The highest BCUT2D eigenvalue weighted by molar-refractivity contribution is 5.44. The van der Waals surface area contributed by atoms with Gasteiger partial charge in [-0.05, 0) is 64.9 Å². The highest BCUT2D eigenvalue weighted by Crippen LogP contribution is 2.80. The van der Waals surface area contributed by atoms with Gasteiger partial charge in [0.25, 0.3) is 5.92 Å². The fraction of sp³-hybridized carbons (Fsp3) is 0.480. The normalized spacial score (nSPS) is 27.4. The molecule has 1 aromatic heterocycles. The van der Waals surface area contributed by atoms with Crippen molar-refractivity contribution >= 4 is 0 Å². The number of alkyl halides is 3. The Morgan fingerprint density at radius 1 is 1.05 bits per heavy atom. The Bertz CT molecular complexity index is 1300. The molecule has 4 fully saturated rings. The number of nitrogens with zero attached hydrogens (tertiary/aromatic N) is 4. The van der Waals surface area contributed by atoms with Gasteiger partial charge in [-0.2, -0.15) is 0 Å². The third-order valence-electron chi connectivity index (χ3n) is 8.06. The van der Waals surface area contributed by atoms with Crippen molar-refractivity contribution in [1.82, 2.24) is 20.2 Å². The van der Waals surface area contributed by atoms with Crippen molar-refractivity contribution in [3.8, 4) is 5.75 Å². The molecule has 7 rings (SSSR count). The van der Waals surface area contributed by atoms with E-state index in [1.165, 1.54) is 0 Å². The molecule has 3 aliphatic carbocycles. The Morgan fingerprint density at radius 2 is 1.76 bits per heavy atom. The molecule has 3 aromatic rings. The Balaban J connectivity index is 1.22. The summed E-state index contributed by atoms with van der Waals surface area (Å²) in [6, 6.07) is 9.01. The van der Waals surface area contributed by atoms with Crippen LogP contribution in [0.1, 0.15) is 30.4 Å². The van der Waals surface area contributed by atoms with E-state index in [1.807, 2.05) is 0 Å². The molecule has 1 saturated heterocycles. The van der Waals surface area contributed by atoms with Gasteiger partial charge in [0.2, 0.25) is 0 Å². The first kappa shape index (κ1) is 24.2. The van der Waals surface area contributed by atoms with Gasteiger partial charge in [0.1, 0.15) is 30.3 Å². The Morgan fingerprint density at radius 3 is 2.32 bits per heavy atom. The number of aromatic nitrogens is 4. The first-order valence-electron chi connectivity index (χ1n) is 11.8. The number of ether oxygens (including phenoxy) is 2. The van der Waals surface area contributed by atoms with E-state index in [2.05, 4.69) is 15.5 Å². The molecule has 0 spiro atoms. The van der Waals surface area contributed by atoms with Crippen LogP contribution < -0.4 is 4.74 Å². The average molecular weight is 522 g/mol. The molecule has 12 heteroatoms. The molecular weight excluding hydrogens is 499 g/mol. The van der Waals surface area contributed by atoms with Crippen molar-refractivity contribution in [2.75, 3.05) is 19.8 Å². The first-order valence-corrected chi connectivity index (χ1v) is 11.8. The van der Waals surface area contributed by atoms with E-state index < -0.39 is 51.8 Å². The lowest BCUT2D eigenvalue weighted by atomic mass is 9.30. The summed E-state index contributed by atoms with van der Waals surface area (Å²) in [6.45, 7) is -0.970. The van der Waals surface area contributed by atoms with E-state index >= 15 is 8.78 Å². The third-order valence-corrected chi connectivity index (χ3v) is 8.06. The lowest BCUT2D eigenvalue weighted by molar-refractivity contribution is -0.347. The minimum Gasteiger partial charge on any atom is -0.490 e. The molecule has 2 bridgehead atoms. The third kappa shape index (κ3) is 3.56. The number of halogens is 5. The van der Waals surface area contributed by atoms with Gasteiger partial charge in [-0.1, -0.05) is 12.1 Å². The van der Waals surface area contributed by atoms with Gasteiger partial charge in [-0.15, -0.1) is 5.10 Å². The van der Waals surface area contributed by atoms with E-state index in [1.54, 1.807) is 24.3 Å². The van der Waals surface area contributed by atoms with E-state index in [0.717, 1.165) is 28.7 Å². The largest absolute Gasteiger partial charge is 0.490 e. The second-order valence-corrected chi connectivity index (χ2v) is 10.6. The number of hydrogen-bond acceptors (Lipinski definition) is 6. The maximum absolute atomic E-state index is 16.2. The molecule has 0 amide bonds. The Labute approximate surface area is 208 Å². The van der Waals surface area contributed by atoms with Gasteiger partial charge in [0.05, 0.1) is 19.8 Å². The summed E-state index contributed by atoms with van der Waals surface area (Å²) >= 11 is 0. The summed E-state index contributed by atoms with van der Waals surface area (Å²) in [5.41, 5.74) is -6.52. The van der Waals surface area contributed by atoms with E-state index in [0.29, 0.717) is 11.8 Å².